The van der Waals surface area contributed by atoms with E-state index < -0.39 is 17.4 Å². The first-order valence-corrected chi connectivity index (χ1v) is 7.38. The van der Waals surface area contributed by atoms with E-state index in [2.05, 4.69) is 10.3 Å². The van der Waals surface area contributed by atoms with Crippen molar-refractivity contribution in [1.82, 2.24) is 4.98 Å². The van der Waals surface area contributed by atoms with Gasteiger partial charge in [-0.05, 0) is 30.3 Å². The molecule has 0 spiro atoms. The van der Waals surface area contributed by atoms with Gasteiger partial charge in [0.1, 0.15) is 6.07 Å². The number of nitrogens with zero attached hydrogens (tertiary/aromatic N) is 2. The van der Waals surface area contributed by atoms with Gasteiger partial charge in [-0.2, -0.15) is 5.26 Å². The van der Waals surface area contributed by atoms with Crippen LogP contribution in [0.15, 0.2) is 53.5 Å². The lowest BCUT2D eigenvalue weighted by molar-refractivity contribution is 0.101. The van der Waals surface area contributed by atoms with Gasteiger partial charge in [0.25, 0.3) is 5.91 Å². The van der Waals surface area contributed by atoms with Crippen molar-refractivity contribution in [2.45, 2.75) is 0 Å². The molecule has 0 radical (unpaired) electrons. The summed E-state index contributed by atoms with van der Waals surface area (Å²) in [6.07, 6.45) is 4.02. The fraction of sp³-hybridized carbons (Fsp3) is 0. The molecule has 0 bridgehead atoms. The number of amides is 1. The van der Waals surface area contributed by atoms with Crippen LogP contribution in [0.4, 0.5) is 15.8 Å². The minimum atomic E-state index is -0.991. The lowest BCUT2D eigenvalue weighted by atomic mass is 10.0. The Kier molecular flexibility index (Phi) is 4.45. The van der Waals surface area contributed by atoms with Gasteiger partial charge in [0.15, 0.2) is 11.5 Å². The fourth-order valence-corrected chi connectivity index (χ4v) is 2.29. The van der Waals surface area contributed by atoms with E-state index in [-0.39, 0.29) is 14.1 Å². The van der Waals surface area contributed by atoms with E-state index in [1.54, 1.807) is 12.1 Å². The maximum absolute atomic E-state index is 14.1. The van der Waals surface area contributed by atoms with Crippen LogP contribution in [-0.2, 0) is 0 Å². The molecule has 0 aliphatic heterocycles. The monoisotopic (exact) mass is 353 g/mol. The summed E-state index contributed by atoms with van der Waals surface area (Å²) < 4.78 is 19.0. The fourth-order valence-electron chi connectivity index (χ4n) is 2.29. The Labute approximate surface area is 150 Å². The van der Waals surface area contributed by atoms with Crippen LogP contribution in [0.3, 0.4) is 0 Å². The van der Waals surface area contributed by atoms with Crippen molar-refractivity contribution in [3.05, 3.63) is 77.3 Å². The smallest absolute Gasteiger partial charge is 0.277 e. The van der Waals surface area contributed by atoms with Crippen LogP contribution < -0.4 is 11.1 Å². The highest BCUT2D eigenvalue weighted by atomic mass is 19.1. The zero-order valence-corrected chi connectivity index (χ0v) is 13.3. The van der Waals surface area contributed by atoms with Crippen molar-refractivity contribution in [1.29, 1.82) is 10.7 Å². The summed E-state index contributed by atoms with van der Waals surface area (Å²) in [5.41, 5.74) is 6.80. The highest BCUT2D eigenvalue weighted by Crippen LogP contribution is 2.22. The van der Waals surface area contributed by atoms with Crippen molar-refractivity contribution < 1.29 is 16.5 Å². The second kappa shape index (κ2) is 6.86. The third-order valence-corrected chi connectivity index (χ3v) is 3.62. The summed E-state index contributed by atoms with van der Waals surface area (Å²) >= 11 is 0. The minimum absolute atomic E-state index is 0. The van der Waals surface area contributed by atoms with Gasteiger partial charge in [0.05, 0.1) is 23.8 Å². The van der Waals surface area contributed by atoms with E-state index in [4.69, 9.17) is 20.8 Å². The molecule has 1 amide bonds. The van der Waals surface area contributed by atoms with Gasteiger partial charge in [0, 0.05) is 31.6 Å². The normalized spacial score (nSPS) is 10.2. The van der Waals surface area contributed by atoms with Crippen LogP contribution in [0, 0.1) is 22.6 Å². The molecule has 2 aromatic heterocycles. The lowest BCUT2D eigenvalue weighted by Crippen LogP contribution is -2.17. The quantitative estimate of drug-likeness (QED) is 0.489. The summed E-state index contributed by atoms with van der Waals surface area (Å²) in [7, 11) is 0. The summed E-state index contributed by atoms with van der Waals surface area (Å²) in [6, 6.07) is 8.98. The molecular weight excluding hydrogens is 337 g/mol. The van der Waals surface area contributed by atoms with E-state index in [1.165, 1.54) is 43.0 Å². The van der Waals surface area contributed by atoms with Crippen LogP contribution in [0.5, 0.6) is 0 Å². The number of halogens is 1. The number of nitrogen functional groups attached to an aromatic ring is 1. The van der Waals surface area contributed by atoms with E-state index >= 15 is 0 Å². The Balaban J connectivity index is 0.00000196. The number of furan rings is 1. The van der Waals surface area contributed by atoms with Crippen LogP contribution in [-0.4, -0.2) is 16.6 Å². The van der Waals surface area contributed by atoms with Gasteiger partial charge in [0.2, 0.25) is 0 Å². The van der Waals surface area contributed by atoms with Gasteiger partial charge in [-0.15, -0.1) is 0 Å². The molecule has 0 fully saturated rings. The number of nitrogens with two attached hydrogens (primary N) is 1. The molecule has 7 nitrogen and oxygen atoms in total. The van der Waals surface area contributed by atoms with Crippen LogP contribution >= 0.6 is 0 Å². The molecule has 0 aliphatic rings. The van der Waals surface area contributed by atoms with Gasteiger partial charge < -0.3 is 15.5 Å². The van der Waals surface area contributed by atoms with E-state index in [0.717, 1.165) is 0 Å². The second-order valence-electron chi connectivity index (χ2n) is 5.28. The van der Waals surface area contributed by atoms with Crippen LogP contribution in [0.25, 0.3) is 0 Å². The van der Waals surface area contributed by atoms with E-state index in [1.807, 2.05) is 0 Å². The zero-order valence-electron chi connectivity index (χ0n) is 13.3. The van der Waals surface area contributed by atoms with Gasteiger partial charge in [-0.1, -0.05) is 0 Å². The molecule has 2 heterocycles. The van der Waals surface area contributed by atoms with Crippen molar-refractivity contribution in [3.8, 4) is 6.07 Å². The number of hydrogen-bond acceptors (Lipinski definition) is 6. The number of benzene rings is 1. The molecule has 132 valence electrons. The van der Waals surface area contributed by atoms with Gasteiger partial charge in [-0.3, -0.25) is 10.2 Å². The largest absolute Gasteiger partial charge is 0.472 e. The molecule has 0 unspecified atom stereocenters. The molecule has 3 aromatic rings. The summed E-state index contributed by atoms with van der Waals surface area (Å²) in [4.78, 5) is 16.0. The first kappa shape index (κ1) is 16.9. The van der Waals surface area contributed by atoms with Gasteiger partial charge in [-0.25, -0.2) is 9.37 Å². The number of carbonyl (C=O) groups is 1. The number of rotatable bonds is 4. The highest BCUT2D eigenvalue weighted by molar-refractivity contribution is 6.14. The predicted octanol–water partition coefficient (Wildman–Crippen LogP) is 3.43. The SMILES string of the molecule is N#Cc1ccnc(C(=O)Nc2ccc(N)c(C(=N)c3ccoc3)c2)c1F.[HH].[HH]. The van der Waals surface area contributed by atoms with Crippen molar-refractivity contribution in [2.75, 3.05) is 11.1 Å². The lowest BCUT2D eigenvalue weighted by Gasteiger charge is -2.10. The molecule has 0 aliphatic carbocycles. The van der Waals surface area contributed by atoms with Crippen LogP contribution in [0.1, 0.15) is 30.0 Å². The molecule has 1 aromatic carbocycles. The van der Waals surface area contributed by atoms with Crippen molar-refractivity contribution >= 4 is 23.0 Å². The Hall–Kier alpha value is -3.99. The number of aromatic nitrogens is 1. The summed E-state index contributed by atoms with van der Waals surface area (Å²) in [6.45, 7) is 0. The summed E-state index contributed by atoms with van der Waals surface area (Å²) in [5.74, 6) is -1.81. The molecule has 8 heteroatoms. The van der Waals surface area contributed by atoms with E-state index in [9.17, 15) is 9.18 Å². The number of nitrogens with one attached hydrogen (secondary N) is 2. The highest BCUT2D eigenvalue weighted by Gasteiger charge is 2.18. The average molecular weight is 353 g/mol. The number of anilines is 2. The van der Waals surface area contributed by atoms with Crippen molar-refractivity contribution in [2.24, 2.45) is 0 Å². The number of hydrogen-bond donors (Lipinski definition) is 3. The first-order valence-electron chi connectivity index (χ1n) is 7.38. The predicted molar refractivity (Wildman–Crippen MR) is 96.6 cm³/mol. The standard InChI is InChI=1S/C18H12FN5O2.2H2/c19-15-10(8-20)3-5-23-17(15)18(25)24-12-1-2-14(21)13(7-12)16(22)11-4-6-26-9-11;;/h1-7,9,22H,21H2,(H,24,25);2*1H. The first-order chi connectivity index (χ1) is 12.5. The molecule has 0 atom stereocenters. The Morgan fingerprint density at radius 2 is 2.19 bits per heavy atom. The molecule has 4 N–H and O–H groups in total. The third kappa shape index (κ3) is 3.14. The minimum Gasteiger partial charge on any atom is -0.472 e. The van der Waals surface area contributed by atoms with Crippen molar-refractivity contribution in [3.63, 3.8) is 0 Å². The maximum Gasteiger partial charge on any atom is 0.277 e. The average Bonchev–Trinajstić information content (AvgIpc) is 3.17. The Morgan fingerprint density at radius 1 is 1.38 bits per heavy atom. The molecule has 0 saturated heterocycles. The summed E-state index contributed by atoms with van der Waals surface area (Å²) in [5, 5.41) is 19.5. The topological polar surface area (TPSA) is 129 Å². The maximum atomic E-state index is 14.1. The third-order valence-electron chi connectivity index (χ3n) is 3.62. The number of carbonyl (C=O) groups excluding carboxylic acids is 1. The van der Waals surface area contributed by atoms with Crippen LogP contribution in [0.2, 0.25) is 0 Å². The Morgan fingerprint density at radius 3 is 2.88 bits per heavy atom. The van der Waals surface area contributed by atoms with Gasteiger partial charge >= 0.3 is 0 Å². The molecule has 3 rings (SSSR count). The second-order valence-corrected chi connectivity index (χ2v) is 5.28. The molecule has 0 saturated carbocycles. The molecular formula is C18H16FN5O2. The molecule has 26 heavy (non-hydrogen) atoms. The number of pyridine rings is 1. The zero-order chi connectivity index (χ0) is 18.7. The Bertz CT molecular complexity index is 1050. The number of nitriles is 1. The van der Waals surface area contributed by atoms with E-state index in [0.29, 0.717) is 22.5 Å².